The van der Waals surface area contributed by atoms with E-state index < -0.39 is 0 Å². The summed E-state index contributed by atoms with van der Waals surface area (Å²) in [5.74, 6) is 0.499. The van der Waals surface area contributed by atoms with E-state index in [2.05, 4.69) is 15.9 Å². The van der Waals surface area contributed by atoms with Crippen LogP contribution >= 0.6 is 27.7 Å². The van der Waals surface area contributed by atoms with Crippen LogP contribution in [-0.4, -0.2) is 53.6 Å². The van der Waals surface area contributed by atoms with E-state index in [1.165, 1.54) is 11.8 Å². The summed E-state index contributed by atoms with van der Waals surface area (Å²) >= 11 is 4.91. The molecule has 20 heavy (non-hydrogen) atoms. The van der Waals surface area contributed by atoms with Gasteiger partial charge in [-0.05, 0) is 31.2 Å². The summed E-state index contributed by atoms with van der Waals surface area (Å²) in [4.78, 5) is 15.1. The third kappa shape index (κ3) is 4.48. The Kier molecular flexibility index (Phi) is 5.89. The second-order valence-corrected chi connectivity index (χ2v) is 6.76. The van der Waals surface area contributed by atoms with Crippen LogP contribution < -0.4 is 0 Å². The van der Waals surface area contributed by atoms with E-state index in [0.717, 1.165) is 9.37 Å². The SMILES string of the molecule is CC1CN(C(=O)CSc2ccc(Br)cc2)CC(CO)O1. The van der Waals surface area contributed by atoms with Crippen molar-refractivity contribution in [1.82, 2.24) is 4.90 Å². The zero-order chi connectivity index (χ0) is 14.5. The van der Waals surface area contributed by atoms with Gasteiger partial charge < -0.3 is 14.7 Å². The molecule has 0 spiro atoms. The molecule has 1 heterocycles. The van der Waals surface area contributed by atoms with Crippen LogP contribution in [0.1, 0.15) is 6.92 Å². The van der Waals surface area contributed by atoms with Crippen LogP contribution in [0.4, 0.5) is 0 Å². The number of aliphatic hydroxyl groups is 1. The van der Waals surface area contributed by atoms with Crippen molar-refractivity contribution in [2.24, 2.45) is 0 Å². The Morgan fingerprint density at radius 1 is 1.45 bits per heavy atom. The van der Waals surface area contributed by atoms with Gasteiger partial charge in [0.05, 0.1) is 24.6 Å². The van der Waals surface area contributed by atoms with Gasteiger partial charge in [-0.25, -0.2) is 0 Å². The first-order valence-corrected chi connectivity index (χ1v) is 8.29. The maximum absolute atomic E-state index is 12.2. The number of carbonyl (C=O) groups is 1. The number of halogens is 1. The van der Waals surface area contributed by atoms with Crippen molar-refractivity contribution in [3.63, 3.8) is 0 Å². The zero-order valence-electron chi connectivity index (χ0n) is 11.3. The number of amides is 1. The Bertz CT molecular complexity index is 454. The highest BCUT2D eigenvalue weighted by atomic mass is 79.9. The molecule has 4 nitrogen and oxygen atoms in total. The summed E-state index contributed by atoms with van der Waals surface area (Å²) in [5, 5.41) is 9.17. The van der Waals surface area contributed by atoms with Crippen molar-refractivity contribution < 1.29 is 14.6 Å². The molecule has 2 atom stereocenters. The maximum Gasteiger partial charge on any atom is 0.233 e. The van der Waals surface area contributed by atoms with E-state index in [1.54, 1.807) is 4.90 Å². The van der Waals surface area contributed by atoms with Gasteiger partial charge in [-0.3, -0.25) is 4.79 Å². The highest BCUT2D eigenvalue weighted by Gasteiger charge is 2.27. The number of nitrogens with zero attached hydrogens (tertiary/aromatic N) is 1. The number of hydrogen-bond donors (Lipinski definition) is 1. The van der Waals surface area contributed by atoms with Gasteiger partial charge in [-0.1, -0.05) is 15.9 Å². The van der Waals surface area contributed by atoms with Gasteiger partial charge in [0.1, 0.15) is 0 Å². The van der Waals surface area contributed by atoms with E-state index >= 15 is 0 Å². The van der Waals surface area contributed by atoms with Gasteiger partial charge in [0.25, 0.3) is 0 Å². The predicted octanol–water partition coefficient (Wildman–Crippen LogP) is 2.15. The predicted molar refractivity (Wildman–Crippen MR) is 82.9 cm³/mol. The van der Waals surface area contributed by atoms with Crippen molar-refractivity contribution in [1.29, 1.82) is 0 Å². The second kappa shape index (κ2) is 7.45. The van der Waals surface area contributed by atoms with Gasteiger partial charge in [0, 0.05) is 22.5 Å². The summed E-state index contributed by atoms with van der Waals surface area (Å²) in [6.07, 6.45) is -0.289. The van der Waals surface area contributed by atoms with Crippen LogP contribution in [0, 0.1) is 0 Å². The standard InChI is InChI=1S/C14H18BrNO3S/c1-10-6-16(7-12(8-17)19-10)14(18)9-20-13-4-2-11(15)3-5-13/h2-5,10,12,17H,6-9H2,1H3. The normalized spacial score (nSPS) is 22.9. The molecule has 1 saturated heterocycles. The fourth-order valence-electron chi connectivity index (χ4n) is 2.12. The first-order chi connectivity index (χ1) is 9.58. The van der Waals surface area contributed by atoms with Gasteiger partial charge >= 0.3 is 0 Å². The van der Waals surface area contributed by atoms with Gasteiger partial charge in [-0.15, -0.1) is 11.8 Å². The summed E-state index contributed by atoms with van der Waals surface area (Å²) in [6, 6.07) is 7.90. The van der Waals surface area contributed by atoms with E-state index in [9.17, 15) is 4.79 Å². The number of aliphatic hydroxyl groups excluding tert-OH is 1. The van der Waals surface area contributed by atoms with Crippen LogP contribution in [0.15, 0.2) is 33.6 Å². The number of hydrogen-bond acceptors (Lipinski definition) is 4. The molecule has 0 aliphatic carbocycles. The van der Waals surface area contributed by atoms with Crippen molar-refractivity contribution in [3.05, 3.63) is 28.7 Å². The summed E-state index contributed by atoms with van der Waals surface area (Å²) in [5.41, 5.74) is 0. The Balaban J connectivity index is 1.86. The lowest BCUT2D eigenvalue weighted by molar-refractivity contribution is -0.144. The van der Waals surface area contributed by atoms with Crippen LogP contribution in [0.5, 0.6) is 0 Å². The third-order valence-electron chi connectivity index (χ3n) is 3.06. The molecule has 1 aromatic rings. The van der Waals surface area contributed by atoms with Crippen molar-refractivity contribution >= 4 is 33.6 Å². The number of morpholine rings is 1. The molecule has 1 aromatic carbocycles. The van der Waals surface area contributed by atoms with E-state index in [-0.39, 0.29) is 24.7 Å². The Morgan fingerprint density at radius 2 is 2.15 bits per heavy atom. The molecule has 0 radical (unpaired) electrons. The minimum Gasteiger partial charge on any atom is -0.394 e. The number of ether oxygens (including phenoxy) is 1. The largest absolute Gasteiger partial charge is 0.394 e. The van der Waals surface area contributed by atoms with Crippen LogP contribution in [0.3, 0.4) is 0 Å². The maximum atomic E-state index is 12.2. The van der Waals surface area contributed by atoms with Crippen molar-refractivity contribution in [3.8, 4) is 0 Å². The number of carbonyl (C=O) groups excluding carboxylic acids is 1. The Morgan fingerprint density at radius 3 is 2.80 bits per heavy atom. The fourth-order valence-corrected chi connectivity index (χ4v) is 3.18. The number of benzene rings is 1. The monoisotopic (exact) mass is 359 g/mol. The molecule has 6 heteroatoms. The second-order valence-electron chi connectivity index (χ2n) is 4.79. The molecule has 1 aliphatic rings. The quantitative estimate of drug-likeness (QED) is 0.836. The lowest BCUT2D eigenvalue weighted by atomic mass is 10.2. The van der Waals surface area contributed by atoms with Crippen LogP contribution in [0.2, 0.25) is 0 Å². The van der Waals surface area contributed by atoms with E-state index in [1.807, 2.05) is 31.2 Å². The first kappa shape index (κ1) is 15.8. The average molecular weight is 360 g/mol. The molecule has 0 bridgehead atoms. The van der Waals surface area contributed by atoms with Crippen LogP contribution in [-0.2, 0) is 9.53 Å². The Hall–Kier alpha value is -0.560. The first-order valence-electron chi connectivity index (χ1n) is 6.51. The molecule has 0 saturated carbocycles. The van der Waals surface area contributed by atoms with Gasteiger partial charge in [0.2, 0.25) is 5.91 Å². The average Bonchev–Trinajstić information content (AvgIpc) is 2.45. The van der Waals surface area contributed by atoms with Gasteiger partial charge in [0.15, 0.2) is 0 Å². The zero-order valence-corrected chi connectivity index (χ0v) is 13.7. The molecule has 2 rings (SSSR count). The smallest absolute Gasteiger partial charge is 0.233 e. The summed E-state index contributed by atoms with van der Waals surface area (Å²) in [7, 11) is 0. The van der Waals surface area contributed by atoms with E-state index in [4.69, 9.17) is 9.84 Å². The summed E-state index contributed by atoms with van der Waals surface area (Å²) < 4.78 is 6.56. The molecule has 2 unspecified atom stereocenters. The summed E-state index contributed by atoms with van der Waals surface area (Å²) in [6.45, 7) is 2.94. The number of thioether (sulfide) groups is 1. The molecule has 1 amide bonds. The van der Waals surface area contributed by atoms with Crippen molar-refractivity contribution in [2.75, 3.05) is 25.4 Å². The van der Waals surface area contributed by atoms with Crippen LogP contribution in [0.25, 0.3) is 0 Å². The highest BCUT2D eigenvalue weighted by Crippen LogP contribution is 2.21. The molecule has 0 aromatic heterocycles. The minimum absolute atomic E-state index is 0.0254. The number of rotatable bonds is 4. The fraction of sp³-hybridized carbons (Fsp3) is 0.500. The Labute approximate surface area is 131 Å². The van der Waals surface area contributed by atoms with Gasteiger partial charge in [-0.2, -0.15) is 0 Å². The molecule has 1 N–H and O–H groups in total. The highest BCUT2D eigenvalue weighted by molar-refractivity contribution is 9.10. The molecule has 110 valence electrons. The minimum atomic E-state index is -0.264. The molecular formula is C14H18BrNO3S. The van der Waals surface area contributed by atoms with Crippen molar-refractivity contribution in [2.45, 2.75) is 24.0 Å². The third-order valence-corrected chi connectivity index (χ3v) is 4.58. The topological polar surface area (TPSA) is 49.8 Å². The molecule has 1 fully saturated rings. The lowest BCUT2D eigenvalue weighted by Gasteiger charge is -2.36. The lowest BCUT2D eigenvalue weighted by Crippen LogP contribution is -2.50. The molecule has 1 aliphatic heterocycles. The molecular weight excluding hydrogens is 342 g/mol. The van der Waals surface area contributed by atoms with E-state index in [0.29, 0.717) is 18.8 Å².